The summed E-state index contributed by atoms with van der Waals surface area (Å²) in [7, 11) is 0. The van der Waals surface area contributed by atoms with Crippen molar-refractivity contribution in [3.05, 3.63) is 0 Å². The molecule has 1 atom stereocenters. The second-order valence-electron chi connectivity index (χ2n) is 5.71. The van der Waals surface area contributed by atoms with Crippen molar-refractivity contribution in [2.45, 2.75) is 52.0 Å². The van der Waals surface area contributed by atoms with Gasteiger partial charge in [-0.2, -0.15) is 0 Å². The molecule has 0 bridgehead atoms. The highest BCUT2D eigenvalue weighted by Gasteiger charge is 2.61. The lowest BCUT2D eigenvalue weighted by Crippen LogP contribution is -2.42. The van der Waals surface area contributed by atoms with Crippen molar-refractivity contribution in [1.82, 2.24) is 5.32 Å². The van der Waals surface area contributed by atoms with Gasteiger partial charge in [0.15, 0.2) is 0 Å². The van der Waals surface area contributed by atoms with E-state index in [2.05, 4.69) is 5.32 Å². The highest BCUT2D eigenvalue weighted by Crippen LogP contribution is 2.65. The van der Waals surface area contributed by atoms with E-state index in [1.165, 1.54) is 19.3 Å². The summed E-state index contributed by atoms with van der Waals surface area (Å²) in [4.78, 5) is 11.7. The third-order valence-corrected chi connectivity index (χ3v) is 3.35. The minimum atomic E-state index is -0.0649. The Morgan fingerprint density at radius 1 is 1.38 bits per heavy atom. The number of carbonyl (C=O) groups is 1. The molecule has 0 heterocycles. The summed E-state index contributed by atoms with van der Waals surface area (Å²) in [6.07, 6.45) is 5.05. The maximum absolute atomic E-state index is 11.7. The minimum Gasteiger partial charge on any atom is -0.351 e. The summed E-state index contributed by atoms with van der Waals surface area (Å²) in [5, 5.41) is 3.07. The van der Waals surface area contributed by atoms with Gasteiger partial charge in [0.1, 0.15) is 0 Å². The van der Waals surface area contributed by atoms with Crippen LogP contribution in [-0.2, 0) is 4.79 Å². The quantitative estimate of drug-likeness (QED) is 0.659. The highest BCUT2D eigenvalue weighted by atomic mass is 16.2. The molecule has 0 aromatic carbocycles. The molecule has 2 aliphatic carbocycles. The smallest absolute Gasteiger partial charge is 0.224 e. The fourth-order valence-corrected chi connectivity index (χ4v) is 2.36. The number of hydrogen-bond donors (Lipinski definition) is 1. The SMILES string of the molecule is CC(C)(C)NC(=O)C1CC12CCC2. The van der Waals surface area contributed by atoms with Crippen molar-refractivity contribution < 1.29 is 4.79 Å². The van der Waals surface area contributed by atoms with Crippen LogP contribution in [0.2, 0.25) is 0 Å². The number of amides is 1. The topological polar surface area (TPSA) is 29.1 Å². The van der Waals surface area contributed by atoms with Crippen molar-refractivity contribution in [3.63, 3.8) is 0 Å². The lowest BCUT2D eigenvalue weighted by Gasteiger charge is -2.28. The first-order valence-corrected chi connectivity index (χ1v) is 5.25. The van der Waals surface area contributed by atoms with Gasteiger partial charge in [-0.3, -0.25) is 4.79 Å². The van der Waals surface area contributed by atoms with Crippen LogP contribution < -0.4 is 5.32 Å². The fourth-order valence-electron chi connectivity index (χ4n) is 2.36. The number of rotatable bonds is 1. The Labute approximate surface area is 80.1 Å². The third-order valence-electron chi connectivity index (χ3n) is 3.35. The van der Waals surface area contributed by atoms with Crippen molar-refractivity contribution in [2.24, 2.45) is 11.3 Å². The molecule has 2 nitrogen and oxygen atoms in total. The normalized spacial score (nSPS) is 29.6. The second kappa shape index (κ2) is 2.49. The van der Waals surface area contributed by atoms with Crippen LogP contribution in [0, 0.1) is 11.3 Å². The largest absolute Gasteiger partial charge is 0.351 e. The fraction of sp³-hybridized carbons (Fsp3) is 0.909. The molecule has 74 valence electrons. The van der Waals surface area contributed by atoms with Crippen LogP contribution in [0.25, 0.3) is 0 Å². The maximum atomic E-state index is 11.7. The van der Waals surface area contributed by atoms with Crippen LogP contribution in [0.3, 0.4) is 0 Å². The Morgan fingerprint density at radius 3 is 2.31 bits per heavy atom. The van der Waals surface area contributed by atoms with Gasteiger partial charge in [-0.15, -0.1) is 0 Å². The highest BCUT2D eigenvalue weighted by molar-refractivity contribution is 5.83. The molecule has 2 fully saturated rings. The van der Waals surface area contributed by atoms with Gasteiger partial charge in [-0.05, 0) is 45.4 Å². The molecule has 2 rings (SSSR count). The van der Waals surface area contributed by atoms with Gasteiger partial charge < -0.3 is 5.32 Å². The molecule has 0 radical (unpaired) electrons. The molecule has 2 heteroatoms. The van der Waals surface area contributed by atoms with Crippen molar-refractivity contribution >= 4 is 5.91 Å². The Balaban J connectivity index is 1.86. The zero-order valence-corrected chi connectivity index (χ0v) is 8.81. The van der Waals surface area contributed by atoms with Gasteiger partial charge >= 0.3 is 0 Å². The predicted octanol–water partition coefficient (Wildman–Crippen LogP) is 2.09. The lowest BCUT2D eigenvalue weighted by molar-refractivity contribution is -0.125. The zero-order chi connectivity index (χ0) is 9.69. The van der Waals surface area contributed by atoms with Gasteiger partial charge in [0.2, 0.25) is 5.91 Å². The van der Waals surface area contributed by atoms with Gasteiger partial charge in [0.25, 0.3) is 0 Å². The minimum absolute atomic E-state index is 0.0649. The molecule has 1 N–H and O–H groups in total. The number of nitrogens with one attached hydrogen (secondary N) is 1. The second-order valence-corrected chi connectivity index (χ2v) is 5.71. The molecule has 0 aromatic heterocycles. The Bertz CT molecular complexity index is 235. The van der Waals surface area contributed by atoms with Gasteiger partial charge in [0, 0.05) is 11.5 Å². The Kier molecular flexibility index (Phi) is 1.73. The van der Waals surface area contributed by atoms with Crippen LogP contribution in [0.1, 0.15) is 46.5 Å². The van der Waals surface area contributed by atoms with E-state index >= 15 is 0 Å². The molecular formula is C11H19NO. The van der Waals surface area contributed by atoms with E-state index in [0.29, 0.717) is 11.3 Å². The molecule has 0 aliphatic heterocycles. The van der Waals surface area contributed by atoms with E-state index in [-0.39, 0.29) is 11.4 Å². The molecule has 0 saturated heterocycles. The molecule has 1 amide bonds. The van der Waals surface area contributed by atoms with Gasteiger partial charge in [0.05, 0.1) is 0 Å². The third kappa shape index (κ3) is 1.59. The standard InChI is InChI=1S/C11H19NO/c1-10(2,3)12-9(13)8-7-11(8)5-4-6-11/h8H,4-7H2,1-3H3,(H,12,13). The van der Waals surface area contributed by atoms with Crippen molar-refractivity contribution in [1.29, 1.82) is 0 Å². The zero-order valence-electron chi connectivity index (χ0n) is 8.81. The van der Waals surface area contributed by atoms with Crippen molar-refractivity contribution in [2.75, 3.05) is 0 Å². The Hall–Kier alpha value is -0.530. The van der Waals surface area contributed by atoms with E-state index in [9.17, 15) is 4.79 Å². The van der Waals surface area contributed by atoms with E-state index in [1.807, 2.05) is 20.8 Å². The monoisotopic (exact) mass is 181 g/mol. The van der Waals surface area contributed by atoms with E-state index in [1.54, 1.807) is 0 Å². The van der Waals surface area contributed by atoms with E-state index in [0.717, 1.165) is 6.42 Å². The first-order valence-electron chi connectivity index (χ1n) is 5.25. The van der Waals surface area contributed by atoms with Crippen LogP contribution >= 0.6 is 0 Å². The summed E-state index contributed by atoms with van der Waals surface area (Å²) in [5.41, 5.74) is 0.403. The molecule has 1 unspecified atom stereocenters. The van der Waals surface area contributed by atoms with Crippen molar-refractivity contribution in [3.8, 4) is 0 Å². The van der Waals surface area contributed by atoms with Crippen LogP contribution in [0.15, 0.2) is 0 Å². The maximum Gasteiger partial charge on any atom is 0.224 e. The summed E-state index contributed by atoms with van der Waals surface area (Å²) in [6.45, 7) is 6.13. The first kappa shape index (κ1) is 9.04. The van der Waals surface area contributed by atoms with Gasteiger partial charge in [-0.1, -0.05) is 6.42 Å². The summed E-state index contributed by atoms with van der Waals surface area (Å²) < 4.78 is 0. The van der Waals surface area contributed by atoms with Gasteiger partial charge in [-0.25, -0.2) is 0 Å². The molecule has 0 aromatic rings. The molecule has 1 spiro atoms. The lowest BCUT2D eigenvalue weighted by atomic mass is 9.79. The summed E-state index contributed by atoms with van der Waals surface area (Å²) in [6, 6.07) is 0. The molecule has 13 heavy (non-hydrogen) atoms. The molecule has 2 aliphatic rings. The Morgan fingerprint density at radius 2 is 2.00 bits per heavy atom. The van der Waals surface area contributed by atoms with Crippen LogP contribution in [-0.4, -0.2) is 11.4 Å². The first-order chi connectivity index (χ1) is 5.93. The van der Waals surface area contributed by atoms with E-state index in [4.69, 9.17) is 0 Å². The number of carbonyl (C=O) groups excluding carboxylic acids is 1. The van der Waals surface area contributed by atoms with Crippen LogP contribution in [0.4, 0.5) is 0 Å². The van der Waals surface area contributed by atoms with Crippen LogP contribution in [0.5, 0.6) is 0 Å². The predicted molar refractivity (Wildman–Crippen MR) is 52.3 cm³/mol. The summed E-state index contributed by atoms with van der Waals surface area (Å²) >= 11 is 0. The number of hydrogen-bond acceptors (Lipinski definition) is 1. The summed E-state index contributed by atoms with van der Waals surface area (Å²) in [5.74, 6) is 0.632. The van der Waals surface area contributed by atoms with E-state index < -0.39 is 0 Å². The average Bonchev–Trinajstić information content (AvgIpc) is 2.53. The average molecular weight is 181 g/mol. The molecule has 2 saturated carbocycles. The molecular weight excluding hydrogens is 162 g/mol.